The van der Waals surface area contributed by atoms with Crippen LogP contribution >= 0.6 is 0 Å². The highest BCUT2D eigenvalue weighted by atomic mass is 16.3. The zero-order chi connectivity index (χ0) is 7.94. The quantitative estimate of drug-likeness (QED) is 0.625. The SMILES string of the molecule is CC(C)[C@@H]1C[C@]1(O)C(C)C. The second-order valence-electron chi connectivity index (χ2n) is 4.20. The Bertz CT molecular complexity index is 129. The summed E-state index contributed by atoms with van der Waals surface area (Å²) in [6.07, 6.45) is 1.02. The van der Waals surface area contributed by atoms with Crippen molar-refractivity contribution in [1.29, 1.82) is 0 Å². The molecule has 0 amide bonds. The number of rotatable bonds is 2. The Labute approximate surface area is 63.4 Å². The Morgan fingerprint density at radius 1 is 1.30 bits per heavy atom. The van der Waals surface area contributed by atoms with Gasteiger partial charge in [0.25, 0.3) is 0 Å². The van der Waals surface area contributed by atoms with Gasteiger partial charge in [0, 0.05) is 0 Å². The van der Waals surface area contributed by atoms with Crippen molar-refractivity contribution in [1.82, 2.24) is 0 Å². The molecule has 1 aliphatic rings. The minimum atomic E-state index is -0.311. The maximum atomic E-state index is 9.84. The summed E-state index contributed by atoms with van der Waals surface area (Å²) < 4.78 is 0. The fourth-order valence-corrected chi connectivity index (χ4v) is 1.77. The molecule has 60 valence electrons. The van der Waals surface area contributed by atoms with Crippen LogP contribution in [0.15, 0.2) is 0 Å². The molecule has 0 aromatic heterocycles. The van der Waals surface area contributed by atoms with Crippen LogP contribution < -0.4 is 0 Å². The lowest BCUT2D eigenvalue weighted by atomic mass is 9.97. The Morgan fingerprint density at radius 2 is 1.80 bits per heavy atom. The second kappa shape index (κ2) is 2.23. The number of hydrogen-bond donors (Lipinski definition) is 1. The third-order valence-electron chi connectivity index (χ3n) is 2.83. The van der Waals surface area contributed by atoms with Gasteiger partial charge < -0.3 is 5.11 Å². The lowest BCUT2D eigenvalue weighted by Crippen LogP contribution is -2.21. The maximum absolute atomic E-state index is 9.84. The fourth-order valence-electron chi connectivity index (χ4n) is 1.77. The smallest absolute Gasteiger partial charge is 0.0705 e. The van der Waals surface area contributed by atoms with Crippen LogP contribution in [0.3, 0.4) is 0 Å². The summed E-state index contributed by atoms with van der Waals surface area (Å²) in [5.74, 6) is 1.64. The first kappa shape index (κ1) is 8.06. The first-order chi connectivity index (χ1) is 4.48. The van der Waals surface area contributed by atoms with E-state index in [0.717, 1.165) is 6.42 Å². The molecule has 0 aromatic carbocycles. The van der Waals surface area contributed by atoms with E-state index in [-0.39, 0.29) is 5.60 Å². The Morgan fingerprint density at radius 3 is 1.90 bits per heavy atom. The average molecular weight is 142 g/mol. The standard InChI is InChI=1S/C9H18O/c1-6(2)8-5-9(8,10)7(3)4/h6-8,10H,5H2,1-4H3/t8-,9-/m0/s1. The first-order valence-electron chi connectivity index (χ1n) is 4.21. The van der Waals surface area contributed by atoms with Gasteiger partial charge in [-0.15, -0.1) is 0 Å². The van der Waals surface area contributed by atoms with E-state index in [1.807, 2.05) is 0 Å². The molecule has 0 aromatic rings. The molecule has 0 spiro atoms. The van der Waals surface area contributed by atoms with Gasteiger partial charge in [-0.05, 0) is 24.2 Å². The van der Waals surface area contributed by atoms with Crippen LogP contribution in [0, 0.1) is 17.8 Å². The molecule has 1 aliphatic carbocycles. The van der Waals surface area contributed by atoms with Crippen LogP contribution in [0.25, 0.3) is 0 Å². The predicted molar refractivity (Wildman–Crippen MR) is 42.7 cm³/mol. The van der Waals surface area contributed by atoms with E-state index in [4.69, 9.17) is 0 Å². The Kier molecular flexibility index (Phi) is 1.80. The van der Waals surface area contributed by atoms with E-state index >= 15 is 0 Å². The largest absolute Gasteiger partial charge is 0.389 e. The lowest BCUT2D eigenvalue weighted by Gasteiger charge is -2.15. The third kappa shape index (κ3) is 1.07. The molecule has 0 saturated heterocycles. The Balaban J connectivity index is 2.48. The highest BCUT2D eigenvalue weighted by Gasteiger charge is 2.55. The van der Waals surface area contributed by atoms with E-state index in [1.54, 1.807) is 0 Å². The van der Waals surface area contributed by atoms with Gasteiger partial charge in [-0.25, -0.2) is 0 Å². The molecule has 1 heteroatoms. The lowest BCUT2D eigenvalue weighted by molar-refractivity contribution is 0.0732. The van der Waals surface area contributed by atoms with Gasteiger partial charge in [-0.1, -0.05) is 27.7 Å². The van der Waals surface area contributed by atoms with Gasteiger partial charge in [-0.3, -0.25) is 0 Å². The fraction of sp³-hybridized carbons (Fsp3) is 1.00. The third-order valence-corrected chi connectivity index (χ3v) is 2.83. The Hall–Kier alpha value is -0.0400. The summed E-state index contributed by atoms with van der Waals surface area (Å²) in [6, 6.07) is 0. The van der Waals surface area contributed by atoms with Crippen LogP contribution in [0.4, 0.5) is 0 Å². The molecule has 2 atom stereocenters. The van der Waals surface area contributed by atoms with Crippen molar-refractivity contribution in [2.45, 2.75) is 39.7 Å². The molecular formula is C9H18O. The van der Waals surface area contributed by atoms with Crippen LogP contribution in [0.1, 0.15) is 34.1 Å². The zero-order valence-electron chi connectivity index (χ0n) is 7.39. The predicted octanol–water partition coefficient (Wildman–Crippen LogP) is 2.05. The average Bonchev–Trinajstić information content (AvgIpc) is 2.43. The van der Waals surface area contributed by atoms with Crippen molar-refractivity contribution in [3.63, 3.8) is 0 Å². The minimum Gasteiger partial charge on any atom is -0.389 e. The molecule has 0 bridgehead atoms. The normalized spacial score (nSPS) is 39.3. The van der Waals surface area contributed by atoms with Gasteiger partial charge in [0.05, 0.1) is 5.60 Å². The van der Waals surface area contributed by atoms with Crippen molar-refractivity contribution in [3.05, 3.63) is 0 Å². The van der Waals surface area contributed by atoms with E-state index < -0.39 is 0 Å². The number of hydrogen-bond acceptors (Lipinski definition) is 1. The molecule has 1 nitrogen and oxygen atoms in total. The van der Waals surface area contributed by atoms with Gasteiger partial charge in [0.15, 0.2) is 0 Å². The molecule has 1 N–H and O–H groups in total. The molecular weight excluding hydrogens is 124 g/mol. The molecule has 0 aliphatic heterocycles. The summed E-state index contributed by atoms with van der Waals surface area (Å²) in [7, 11) is 0. The molecule has 0 radical (unpaired) electrons. The number of aliphatic hydroxyl groups is 1. The van der Waals surface area contributed by atoms with Gasteiger partial charge >= 0.3 is 0 Å². The van der Waals surface area contributed by atoms with Crippen LogP contribution in [0.2, 0.25) is 0 Å². The molecule has 1 rings (SSSR count). The van der Waals surface area contributed by atoms with Crippen LogP contribution in [-0.2, 0) is 0 Å². The topological polar surface area (TPSA) is 20.2 Å². The van der Waals surface area contributed by atoms with E-state index in [2.05, 4.69) is 27.7 Å². The molecule has 10 heavy (non-hydrogen) atoms. The van der Waals surface area contributed by atoms with Crippen molar-refractivity contribution in [2.75, 3.05) is 0 Å². The summed E-state index contributed by atoms with van der Waals surface area (Å²) in [5, 5.41) is 9.84. The van der Waals surface area contributed by atoms with E-state index in [1.165, 1.54) is 0 Å². The van der Waals surface area contributed by atoms with Crippen molar-refractivity contribution in [2.24, 2.45) is 17.8 Å². The van der Waals surface area contributed by atoms with Crippen LogP contribution in [-0.4, -0.2) is 10.7 Å². The molecule has 1 fully saturated rings. The summed E-state index contributed by atoms with van der Waals surface area (Å²) in [5.41, 5.74) is -0.311. The molecule has 0 unspecified atom stereocenters. The van der Waals surface area contributed by atoms with Gasteiger partial charge in [-0.2, -0.15) is 0 Å². The highest BCUT2D eigenvalue weighted by molar-refractivity contribution is 5.06. The molecule has 1 saturated carbocycles. The maximum Gasteiger partial charge on any atom is 0.0705 e. The zero-order valence-corrected chi connectivity index (χ0v) is 7.39. The van der Waals surface area contributed by atoms with Gasteiger partial charge in [0.2, 0.25) is 0 Å². The molecule has 0 heterocycles. The van der Waals surface area contributed by atoms with Crippen molar-refractivity contribution in [3.8, 4) is 0 Å². The summed E-state index contributed by atoms with van der Waals surface area (Å²) in [6.45, 7) is 8.57. The van der Waals surface area contributed by atoms with Crippen LogP contribution in [0.5, 0.6) is 0 Å². The van der Waals surface area contributed by atoms with Crippen molar-refractivity contribution >= 4 is 0 Å². The summed E-state index contributed by atoms with van der Waals surface area (Å²) in [4.78, 5) is 0. The monoisotopic (exact) mass is 142 g/mol. The van der Waals surface area contributed by atoms with Gasteiger partial charge in [0.1, 0.15) is 0 Å². The minimum absolute atomic E-state index is 0.311. The highest BCUT2D eigenvalue weighted by Crippen LogP contribution is 2.52. The van der Waals surface area contributed by atoms with E-state index in [9.17, 15) is 5.11 Å². The first-order valence-corrected chi connectivity index (χ1v) is 4.21. The van der Waals surface area contributed by atoms with Crippen molar-refractivity contribution < 1.29 is 5.11 Å². The second-order valence-corrected chi connectivity index (χ2v) is 4.20. The van der Waals surface area contributed by atoms with E-state index in [0.29, 0.717) is 17.8 Å². The summed E-state index contributed by atoms with van der Waals surface area (Å²) >= 11 is 0.